The summed E-state index contributed by atoms with van der Waals surface area (Å²) in [5.74, 6) is -1.93. The molecule has 1 heterocycles. The molecule has 3 nitrogen and oxygen atoms in total. The fourth-order valence-electron chi connectivity index (χ4n) is 1.52. The van der Waals surface area contributed by atoms with Crippen LogP contribution < -0.4 is 11.1 Å². The van der Waals surface area contributed by atoms with E-state index in [0.717, 1.165) is 0 Å². The first-order chi connectivity index (χ1) is 9.56. The largest absolute Gasteiger partial charge is 0.389 e. The van der Waals surface area contributed by atoms with Crippen molar-refractivity contribution in [3.8, 4) is 0 Å². The summed E-state index contributed by atoms with van der Waals surface area (Å²) in [6, 6.07) is 10.2. The van der Waals surface area contributed by atoms with Gasteiger partial charge in [0.15, 0.2) is 0 Å². The molecule has 2 aromatic rings. The van der Waals surface area contributed by atoms with Crippen molar-refractivity contribution in [1.82, 2.24) is 4.98 Å². The number of thiocarbonyl (C=S) groups is 1. The third-order valence-electron chi connectivity index (χ3n) is 2.41. The van der Waals surface area contributed by atoms with Crippen molar-refractivity contribution in [2.75, 3.05) is 5.32 Å². The van der Waals surface area contributed by atoms with Crippen molar-refractivity contribution in [3.05, 3.63) is 48.2 Å². The van der Waals surface area contributed by atoms with E-state index < -0.39 is 5.76 Å². The van der Waals surface area contributed by atoms with Crippen LogP contribution >= 0.6 is 24.0 Å². The molecule has 0 saturated heterocycles. The van der Waals surface area contributed by atoms with Gasteiger partial charge < -0.3 is 11.1 Å². The first-order valence-corrected chi connectivity index (χ1v) is 6.92. The number of alkyl halides is 2. The van der Waals surface area contributed by atoms with Crippen molar-refractivity contribution in [3.63, 3.8) is 0 Å². The monoisotopic (exact) mass is 311 g/mol. The van der Waals surface area contributed by atoms with E-state index in [0.29, 0.717) is 33.7 Å². The second-order valence-corrected chi connectivity index (χ2v) is 5.27. The second-order valence-electron chi connectivity index (χ2n) is 3.80. The Kier molecular flexibility index (Phi) is 4.86. The Balaban J connectivity index is 2.19. The molecule has 0 aliphatic heterocycles. The number of anilines is 2. The molecular formula is C13H11F2N3S2. The van der Waals surface area contributed by atoms with E-state index in [-0.39, 0.29) is 4.99 Å². The minimum absolute atomic E-state index is 0.262. The minimum atomic E-state index is -2.47. The van der Waals surface area contributed by atoms with Gasteiger partial charge in [-0.25, -0.2) is 4.98 Å². The lowest BCUT2D eigenvalue weighted by atomic mass is 10.2. The lowest BCUT2D eigenvalue weighted by molar-refractivity contribution is 0.252. The molecule has 0 amide bonds. The molecule has 0 bridgehead atoms. The van der Waals surface area contributed by atoms with E-state index in [1.807, 2.05) is 0 Å². The fraction of sp³-hybridized carbons (Fsp3) is 0.0769. The number of halogens is 2. The van der Waals surface area contributed by atoms with Gasteiger partial charge in [-0.1, -0.05) is 36.1 Å². The zero-order valence-corrected chi connectivity index (χ0v) is 11.8. The molecule has 0 unspecified atom stereocenters. The van der Waals surface area contributed by atoms with E-state index >= 15 is 0 Å². The number of pyridine rings is 1. The molecule has 0 atom stereocenters. The van der Waals surface area contributed by atoms with Crippen molar-refractivity contribution in [2.24, 2.45) is 5.73 Å². The SMILES string of the molecule is NC(=S)c1ccc(Nc2ccccc2SC(F)F)nc1. The van der Waals surface area contributed by atoms with E-state index in [4.69, 9.17) is 18.0 Å². The molecule has 0 aliphatic carbocycles. The molecule has 2 rings (SSSR count). The Labute approximate surface area is 124 Å². The molecule has 104 valence electrons. The lowest BCUT2D eigenvalue weighted by Gasteiger charge is -2.10. The number of nitrogens with zero attached hydrogens (tertiary/aromatic N) is 1. The van der Waals surface area contributed by atoms with Gasteiger partial charge in [-0.3, -0.25) is 0 Å². The summed E-state index contributed by atoms with van der Waals surface area (Å²) < 4.78 is 24.9. The number of benzene rings is 1. The lowest BCUT2D eigenvalue weighted by Crippen LogP contribution is -2.09. The van der Waals surface area contributed by atoms with Crippen LogP contribution in [0.3, 0.4) is 0 Å². The van der Waals surface area contributed by atoms with Crippen LogP contribution in [0.4, 0.5) is 20.3 Å². The molecule has 0 fully saturated rings. The number of nitrogens with two attached hydrogens (primary N) is 1. The molecule has 3 N–H and O–H groups in total. The molecule has 1 aromatic carbocycles. The van der Waals surface area contributed by atoms with Gasteiger partial charge in [0.25, 0.3) is 5.76 Å². The minimum Gasteiger partial charge on any atom is -0.389 e. The van der Waals surface area contributed by atoms with Crippen LogP contribution in [0.5, 0.6) is 0 Å². The second kappa shape index (κ2) is 6.62. The van der Waals surface area contributed by atoms with Crippen LogP contribution in [0.2, 0.25) is 0 Å². The molecule has 0 aliphatic rings. The maximum Gasteiger partial charge on any atom is 0.288 e. The number of aromatic nitrogens is 1. The van der Waals surface area contributed by atoms with Crippen LogP contribution in [-0.4, -0.2) is 15.7 Å². The zero-order chi connectivity index (χ0) is 14.5. The Bertz CT molecular complexity index is 603. The van der Waals surface area contributed by atoms with E-state index in [1.165, 1.54) is 6.20 Å². The normalized spacial score (nSPS) is 10.6. The van der Waals surface area contributed by atoms with Gasteiger partial charge in [0.2, 0.25) is 0 Å². The third-order valence-corrected chi connectivity index (χ3v) is 3.44. The van der Waals surface area contributed by atoms with Crippen molar-refractivity contribution < 1.29 is 8.78 Å². The summed E-state index contributed by atoms with van der Waals surface area (Å²) in [6.45, 7) is 0. The molecule has 0 spiro atoms. The third kappa shape index (κ3) is 3.88. The number of hydrogen-bond donors (Lipinski definition) is 2. The molecule has 0 saturated carbocycles. The first kappa shape index (κ1) is 14.7. The average Bonchev–Trinajstić information content (AvgIpc) is 2.41. The number of rotatable bonds is 5. The highest BCUT2D eigenvalue weighted by molar-refractivity contribution is 7.99. The standard InChI is InChI=1S/C13H11F2N3S2/c14-13(15)20-10-4-2-1-3-9(10)18-11-6-5-8(7-17-11)12(16)19/h1-7,13H,(H2,16,19)(H,17,18). The predicted molar refractivity (Wildman–Crippen MR) is 81.7 cm³/mol. The maximum absolute atomic E-state index is 12.5. The van der Waals surface area contributed by atoms with Gasteiger partial charge in [-0.15, -0.1) is 0 Å². The summed E-state index contributed by atoms with van der Waals surface area (Å²) in [5.41, 5.74) is 6.71. The Morgan fingerprint density at radius 1 is 1.25 bits per heavy atom. The highest BCUT2D eigenvalue weighted by Crippen LogP contribution is 2.32. The van der Waals surface area contributed by atoms with Gasteiger partial charge in [-0.2, -0.15) is 8.78 Å². The quantitative estimate of drug-likeness (QED) is 0.650. The Hall–Kier alpha value is -1.73. The van der Waals surface area contributed by atoms with E-state index in [2.05, 4.69) is 10.3 Å². The van der Waals surface area contributed by atoms with Gasteiger partial charge in [0, 0.05) is 16.7 Å². The predicted octanol–water partition coefficient (Wildman–Crippen LogP) is 3.77. The Morgan fingerprint density at radius 3 is 2.60 bits per heavy atom. The average molecular weight is 311 g/mol. The van der Waals surface area contributed by atoms with Crippen LogP contribution in [0.15, 0.2) is 47.5 Å². The maximum atomic E-state index is 12.5. The molecular weight excluding hydrogens is 300 g/mol. The summed E-state index contributed by atoms with van der Waals surface area (Å²) in [7, 11) is 0. The summed E-state index contributed by atoms with van der Waals surface area (Å²) in [4.78, 5) is 4.86. The van der Waals surface area contributed by atoms with Gasteiger partial charge >= 0.3 is 0 Å². The van der Waals surface area contributed by atoms with Gasteiger partial charge in [-0.05, 0) is 24.3 Å². The highest BCUT2D eigenvalue weighted by atomic mass is 32.2. The molecule has 20 heavy (non-hydrogen) atoms. The van der Waals surface area contributed by atoms with E-state index in [1.54, 1.807) is 36.4 Å². The fourth-order valence-corrected chi connectivity index (χ4v) is 2.24. The van der Waals surface area contributed by atoms with Crippen LogP contribution in [0.1, 0.15) is 5.56 Å². The highest BCUT2D eigenvalue weighted by Gasteiger charge is 2.10. The summed E-state index contributed by atoms with van der Waals surface area (Å²) in [6.07, 6.45) is 1.54. The Morgan fingerprint density at radius 2 is 2.00 bits per heavy atom. The number of thioether (sulfide) groups is 1. The zero-order valence-electron chi connectivity index (χ0n) is 10.2. The number of para-hydroxylation sites is 1. The smallest absolute Gasteiger partial charge is 0.288 e. The summed E-state index contributed by atoms with van der Waals surface area (Å²) in [5, 5.41) is 2.99. The van der Waals surface area contributed by atoms with Crippen molar-refractivity contribution in [2.45, 2.75) is 10.7 Å². The topological polar surface area (TPSA) is 50.9 Å². The number of hydrogen-bond acceptors (Lipinski definition) is 4. The van der Waals surface area contributed by atoms with Crippen LogP contribution in [0.25, 0.3) is 0 Å². The molecule has 1 aromatic heterocycles. The van der Waals surface area contributed by atoms with Gasteiger partial charge in [0.1, 0.15) is 10.8 Å². The first-order valence-electron chi connectivity index (χ1n) is 5.63. The molecule has 0 radical (unpaired) electrons. The number of nitrogens with one attached hydrogen (secondary N) is 1. The van der Waals surface area contributed by atoms with Crippen molar-refractivity contribution >= 4 is 40.5 Å². The van der Waals surface area contributed by atoms with Crippen LogP contribution in [-0.2, 0) is 0 Å². The molecule has 7 heteroatoms. The van der Waals surface area contributed by atoms with Gasteiger partial charge in [0.05, 0.1) is 5.69 Å². The van der Waals surface area contributed by atoms with Crippen molar-refractivity contribution in [1.29, 1.82) is 0 Å². The van der Waals surface area contributed by atoms with E-state index in [9.17, 15) is 8.78 Å². The summed E-state index contributed by atoms with van der Waals surface area (Å²) >= 11 is 5.32. The van der Waals surface area contributed by atoms with Crippen LogP contribution in [0, 0.1) is 0 Å².